The summed E-state index contributed by atoms with van der Waals surface area (Å²) in [5.74, 6) is 0.325. The molecule has 3 heteroatoms. The lowest BCUT2D eigenvalue weighted by Crippen LogP contribution is -2.51. The highest BCUT2D eigenvalue weighted by Crippen LogP contribution is 2.41. The van der Waals surface area contributed by atoms with Crippen molar-refractivity contribution in [2.75, 3.05) is 13.1 Å². The molecule has 0 radical (unpaired) electrons. The minimum atomic E-state index is -0.0443. The van der Waals surface area contributed by atoms with Crippen LogP contribution in [0.1, 0.15) is 45.4 Å². The summed E-state index contributed by atoms with van der Waals surface area (Å²) < 4.78 is 0. The number of hydrogen-bond donors (Lipinski definition) is 1. The molecule has 2 fully saturated rings. The lowest BCUT2D eigenvalue weighted by atomic mass is 9.69. The average molecular weight is 196 g/mol. The molecule has 14 heavy (non-hydrogen) atoms. The van der Waals surface area contributed by atoms with E-state index in [0.29, 0.717) is 5.91 Å². The van der Waals surface area contributed by atoms with Crippen LogP contribution in [0, 0.1) is 5.41 Å². The summed E-state index contributed by atoms with van der Waals surface area (Å²) >= 11 is 0. The van der Waals surface area contributed by atoms with E-state index in [1.165, 1.54) is 19.3 Å². The van der Waals surface area contributed by atoms with Crippen LogP contribution in [0.5, 0.6) is 0 Å². The SMILES string of the molecule is CC1(C(=O)N2CCCCCN2)CCC1. The number of carbonyl (C=O) groups is 1. The van der Waals surface area contributed by atoms with Gasteiger partial charge < -0.3 is 0 Å². The van der Waals surface area contributed by atoms with Crippen LogP contribution in [0.2, 0.25) is 0 Å². The van der Waals surface area contributed by atoms with Crippen LogP contribution in [0.15, 0.2) is 0 Å². The molecular weight excluding hydrogens is 176 g/mol. The highest BCUT2D eigenvalue weighted by molar-refractivity contribution is 5.82. The summed E-state index contributed by atoms with van der Waals surface area (Å²) in [4.78, 5) is 12.1. The van der Waals surface area contributed by atoms with Crippen LogP contribution in [0.3, 0.4) is 0 Å². The Morgan fingerprint density at radius 2 is 2.00 bits per heavy atom. The third-order valence-electron chi connectivity index (χ3n) is 3.58. The quantitative estimate of drug-likeness (QED) is 0.692. The molecule has 1 saturated heterocycles. The molecule has 1 aliphatic carbocycles. The van der Waals surface area contributed by atoms with Gasteiger partial charge in [-0.25, -0.2) is 5.43 Å². The number of nitrogens with zero attached hydrogens (tertiary/aromatic N) is 1. The highest BCUT2D eigenvalue weighted by Gasteiger charge is 2.41. The Morgan fingerprint density at radius 1 is 1.21 bits per heavy atom. The molecule has 2 rings (SSSR count). The maximum absolute atomic E-state index is 12.1. The zero-order valence-corrected chi connectivity index (χ0v) is 9.01. The molecule has 1 amide bonds. The highest BCUT2D eigenvalue weighted by atomic mass is 16.2. The van der Waals surface area contributed by atoms with Gasteiger partial charge in [0.1, 0.15) is 0 Å². The van der Waals surface area contributed by atoms with E-state index in [0.717, 1.165) is 32.4 Å². The van der Waals surface area contributed by atoms with Crippen molar-refractivity contribution in [2.45, 2.75) is 45.4 Å². The van der Waals surface area contributed by atoms with Crippen molar-refractivity contribution in [3.05, 3.63) is 0 Å². The van der Waals surface area contributed by atoms with E-state index in [9.17, 15) is 4.79 Å². The first-order valence-corrected chi connectivity index (χ1v) is 5.78. The van der Waals surface area contributed by atoms with Crippen LogP contribution in [0.4, 0.5) is 0 Å². The van der Waals surface area contributed by atoms with Crippen molar-refractivity contribution in [2.24, 2.45) is 5.41 Å². The third kappa shape index (κ3) is 1.78. The first-order valence-electron chi connectivity index (χ1n) is 5.78. The summed E-state index contributed by atoms with van der Waals surface area (Å²) in [5.41, 5.74) is 3.20. The van der Waals surface area contributed by atoms with Gasteiger partial charge in [0.25, 0.3) is 0 Å². The molecule has 0 aromatic rings. The average Bonchev–Trinajstić information content (AvgIpc) is 2.41. The predicted octanol–water partition coefficient (Wildman–Crippen LogP) is 1.69. The van der Waals surface area contributed by atoms with E-state index in [-0.39, 0.29) is 5.41 Å². The van der Waals surface area contributed by atoms with Gasteiger partial charge in [0.2, 0.25) is 5.91 Å². The molecule has 2 aliphatic rings. The maximum atomic E-state index is 12.1. The molecule has 1 N–H and O–H groups in total. The number of rotatable bonds is 1. The van der Waals surface area contributed by atoms with E-state index in [2.05, 4.69) is 12.3 Å². The zero-order chi connectivity index (χ0) is 10.0. The normalized spacial score (nSPS) is 26.5. The maximum Gasteiger partial charge on any atom is 0.242 e. The molecule has 1 heterocycles. The van der Waals surface area contributed by atoms with Gasteiger partial charge in [-0.3, -0.25) is 9.80 Å². The van der Waals surface area contributed by atoms with Crippen LogP contribution in [0.25, 0.3) is 0 Å². The minimum absolute atomic E-state index is 0.0443. The Hall–Kier alpha value is -0.570. The van der Waals surface area contributed by atoms with Crippen molar-refractivity contribution in [3.8, 4) is 0 Å². The van der Waals surface area contributed by atoms with Crippen LogP contribution in [-0.2, 0) is 4.79 Å². The molecule has 0 unspecified atom stereocenters. The topological polar surface area (TPSA) is 32.3 Å². The molecule has 0 aromatic heterocycles. The fraction of sp³-hybridized carbons (Fsp3) is 0.909. The number of nitrogens with one attached hydrogen (secondary N) is 1. The summed E-state index contributed by atoms with van der Waals surface area (Å²) in [6.45, 7) is 3.96. The number of amides is 1. The van der Waals surface area contributed by atoms with E-state index < -0.39 is 0 Å². The first kappa shape index (κ1) is 9.97. The smallest absolute Gasteiger partial charge is 0.242 e. The molecule has 1 saturated carbocycles. The van der Waals surface area contributed by atoms with Gasteiger partial charge >= 0.3 is 0 Å². The van der Waals surface area contributed by atoms with E-state index in [1.54, 1.807) is 0 Å². The number of hydrogen-bond acceptors (Lipinski definition) is 2. The van der Waals surface area contributed by atoms with Crippen LogP contribution >= 0.6 is 0 Å². The van der Waals surface area contributed by atoms with Gasteiger partial charge in [-0.2, -0.15) is 0 Å². The second kappa shape index (κ2) is 3.89. The van der Waals surface area contributed by atoms with Crippen LogP contribution < -0.4 is 5.43 Å². The summed E-state index contributed by atoms with van der Waals surface area (Å²) in [7, 11) is 0. The molecule has 0 bridgehead atoms. The van der Waals surface area contributed by atoms with E-state index in [1.807, 2.05) is 5.01 Å². The minimum Gasteiger partial charge on any atom is -0.278 e. The molecule has 0 atom stereocenters. The third-order valence-corrected chi connectivity index (χ3v) is 3.58. The summed E-state index contributed by atoms with van der Waals surface area (Å²) in [6, 6.07) is 0. The fourth-order valence-electron chi connectivity index (χ4n) is 2.28. The standard InChI is InChI=1S/C11H20N2O/c1-11(6-5-7-11)10(14)13-9-4-2-3-8-12-13/h12H,2-9H2,1H3. The molecule has 80 valence electrons. The molecule has 0 spiro atoms. The lowest BCUT2D eigenvalue weighted by molar-refractivity contribution is -0.149. The van der Waals surface area contributed by atoms with E-state index >= 15 is 0 Å². The predicted molar refractivity (Wildman–Crippen MR) is 55.5 cm³/mol. The van der Waals surface area contributed by atoms with Gasteiger partial charge in [-0.15, -0.1) is 0 Å². The van der Waals surface area contributed by atoms with Gasteiger partial charge in [0.15, 0.2) is 0 Å². The van der Waals surface area contributed by atoms with Crippen molar-refractivity contribution in [1.82, 2.24) is 10.4 Å². The van der Waals surface area contributed by atoms with Crippen LogP contribution in [-0.4, -0.2) is 24.0 Å². The molecule has 1 aliphatic heterocycles. The number of hydrazine groups is 1. The largest absolute Gasteiger partial charge is 0.278 e. The summed E-state index contributed by atoms with van der Waals surface area (Å²) in [5, 5.41) is 1.87. The Labute approximate surface area is 85.8 Å². The van der Waals surface area contributed by atoms with Gasteiger partial charge in [-0.1, -0.05) is 19.8 Å². The van der Waals surface area contributed by atoms with Gasteiger partial charge in [0, 0.05) is 18.5 Å². The summed E-state index contributed by atoms with van der Waals surface area (Å²) in [6.07, 6.45) is 6.95. The first-order chi connectivity index (χ1) is 6.72. The zero-order valence-electron chi connectivity index (χ0n) is 9.01. The second-order valence-corrected chi connectivity index (χ2v) is 4.84. The monoisotopic (exact) mass is 196 g/mol. The Bertz CT molecular complexity index is 215. The van der Waals surface area contributed by atoms with E-state index in [4.69, 9.17) is 0 Å². The Balaban J connectivity index is 1.95. The van der Waals surface area contributed by atoms with Crippen molar-refractivity contribution in [3.63, 3.8) is 0 Å². The van der Waals surface area contributed by atoms with Crippen molar-refractivity contribution >= 4 is 5.91 Å². The Kier molecular flexibility index (Phi) is 2.77. The van der Waals surface area contributed by atoms with Crippen molar-refractivity contribution < 1.29 is 4.79 Å². The molecular formula is C11H20N2O. The van der Waals surface area contributed by atoms with Gasteiger partial charge in [-0.05, 0) is 25.7 Å². The molecule has 0 aromatic carbocycles. The number of carbonyl (C=O) groups excluding carboxylic acids is 1. The van der Waals surface area contributed by atoms with Crippen molar-refractivity contribution in [1.29, 1.82) is 0 Å². The Morgan fingerprint density at radius 3 is 2.64 bits per heavy atom. The van der Waals surface area contributed by atoms with Gasteiger partial charge in [0.05, 0.1) is 0 Å². The lowest BCUT2D eigenvalue weighted by Gasteiger charge is -2.40. The second-order valence-electron chi connectivity index (χ2n) is 4.84. The molecule has 3 nitrogen and oxygen atoms in total. The fourth-order valence-corrected chi connectivity index (χ4v) is 2.28.